The van der Waals surface area contributed by atoms with E-state index < -0.39 is 9.84 Å². The molecule has 27 heavy (non-hydrogen) atoms. The molecular weight excluding hydrogens is 368 g/mol. The van der Waals surface area contributed by atoms with Crippen LogP contribution in [0, 0.1) is 6.92 Å². The summed E-state index contributed by atoms with van der Waals surface area (Å²) in [4.78, 5) is 13.8. The summed E-state index contributed by atoms with van der Waals surface area (Å²) in [6.45, 7) is 1.84. The van der Waals surface area contributed by atoms with E-state index in [9.17, 15) is 13.2 Å². The lowest BCUT2D eigenvalue weighted by atomic mass is 10.2. The summed E-state index contributed by atoms with van der Waals surface area (Å²) in [6.07, 6.45) is 0.579. The molecule has 0 radical (unpaired) electrons. The first-order valence-electron chi connectivity index (χ1n) is 8.59. The Hall–Kier alpha value is -2.68. The number of benzene rings is 1. The number of aryl methyl sites for hydroxylation is 1. The fraction of sp³-hybridized carbons (Fsp3) is 0.389. The number of amides is 1. The van der Waals surface area contributed by atoms with E-state index in [4.69, 9.17) is 4.74 Å². The van der Waals surface area contributed by atoms with Crippen molar-refractivity contribution in [1.29, 1.82) is 0 Å². The van der Waals surface area contributed by atoms with E-state index in [0.29, 0.717) is 23.8 Å². The number of ether oxygens (including phenoxy) is 1. The van der Waals surface area contributed by atoms with Gasteiger partial charge in [0, 0.05) is 13.1 Å². The van der Waals surface area contributed by atoms with Gasteiger partial charge in [0.15, 0.2) is 28.1 Å². The van der Waals surface area contributed by atoms with Crippen molar-refractivity contribution in [3.8, 4) is 5.75 Å². The van der Waals surface area contributed by atoms with Gasteiger partial charge >= 0.3 is 0 Å². The Morgan fingerprint density at radius 1 is 1.22 bits per heavy atom. The SMILES string of the molecule is Cc1ccc(OCC(=O)Nc2ccc(N(C)C3CCS(=O)(=O)C3)nn2)cc1. The Morgan fingerprint density at radius 2 is 1.96 bits per heavy atom. The minimum atomic E-state index is -2.97. The molecule has 1 fully saturated rings. The lowest BCUT2D eigenvalue weighted by Gasteiger charge is -2.23. The number of aromatic nitrogens is 2. The topological polar surface area (TPSA) is 101 Å². The van der Waals surface area contributed by atoms with Crippen LogP contribution in [-0.2, 0) is 14.6 Å². The van der Waals surface area contributed by atoms with Crippen LogP contribution in [0.4, 0.5) is 11.6 Å². The molecule has 0 bridgehead atoms. The van der Waals surface area contributed by atoms with Crippen LogP contribution in [0.5, 0.6) is 5.75 Å². The highest BCUT2D eigenvalue weighted by Gasteiger charge is 2.31. The largest absolute Gasteiger partial charge is 0.484 e. The van der Waals surface area contributed by atoms with Crippen LogP contribution in [0.1, 0.15) is 12.0 Å². The van der Waals surface area contributed by atoms with Gasteiger partial charge < -0.3 is 15.0 Å². The summed E-state index contributed by atoms with van der Waals surface area (Å²) < 4.78 is 28.6. The molecule has 9 heteroatoms. The van der Waals surface area contributed by atoms with Gasteiger partial charge in [-0.1, -0.05) is 17.7 Å². The first-order valence-corrected chi connectivity index (χ1v) is 10.4. The number of hydrogen-bond donors (Lipinski definition) is 1. The highest BCUT2D eigenvalue weighted by molar-refractivity contribution is 7.91. The Labute approximate surface area is 158 Å². The lowest BCUT2D eigenvalue weighted by Crippen LogP contribution is -2.33. The minimum Gasteiger partial charge on any atom is -0.484 e. The lowest BCUT2D eigenvalue weighted by molar-refractivity contribution is -0.118. The molecule has 2 heterocycles. The Kier molecular flexibility index (Phi) is 5.59. The molecule has 1 N–H and O–H groups in total. The van der Waals surface area contributed by atoms with E-state index in [0.717, 1.165) is 5.56 Å². The average Bonchev–Trinajstić information content (AvgIpc) is 3.01. The number of carbonyl (C=O) groups is 1. The summed E-state index contributed by atoms with van der Waals surface area (Å²) in [5, 5.41) is 10.7. The zero-order valence-electron chi connectivity index (χ0n) is 15.3. The maximum absolute atomic E-state index is 12.0. The van der Waals surface area contributed by atoms with Crippen LogP contribution in [0.3, 0.4) is 0 Å². The third kappa shape index (κ3) is 5.16. The first-order chi connectivity index (χ1) is 12.8. The normalized spacial score (nSPS) is 18.1. The molecule has 144 valence electrons. The van der Waals surface area contributed by atoms with Crippen LogP contribution in [0.2, 0.25) is 0 Å². The zero-order chi connectivity index (χ0) is 19.4. The maximum Gasteiger partial charge on any atom is 0.263 e. The molecule has 1 aromatic carbocycles. The van der Waals surface area contributed by atoms with Crippen molar-refractivity contribution >= 4 is 27.4 Å². The number of sulfone groups is 1. The van der Waals surface area contributed by atoms with Crippen molar-refractivity contribution in [2.24, 2.45) is 0 Å². The number of carbonyl (C=O) groups excluding carboxylic acids is 1. The van der Waals surface area contributed by atoms with Gasteiger partial charge in [0.2, 0.25) is 0 Å². The Balaban J connectivity index is 1.52. The van der Waals surface area contributed by atoms with E-state index in [1.807, 2.05) is 24.0 Å². The molecular formula is C18H22N4O4S. The third-order valence-electron chi connectivity index (χ3n) is 4.43. The highest BCUT2D eigenvalue weighted by Crippen LogP contribution is 2.21. The average molecular weight is 390 g/mol. The van der Waals surface area contributed by atoms with Gasteiger partial charge in [0.25, 0.3) is 5.91 Å². The second-order valence-corrected chi connectivity index (χ2v) is 8.82. The predicted molar refractivity (Wildman–Crippen MR) is 103 cm³/mol. The zero-order valence-corrected chi connectivity index (χ0v) is 16.1. The van der Waals surface area contributed by atoms with E-state index >= 15 is 0 Å². The quantitative estimate of drug-likeness (QED) is 0.796. The van der Waals surface area contributed by atoms with Crippen molar-refractivity contribution in [3.05, 3.63) is 42.0 Å². The molecule has 1 aliphatic rings. The van der Waals surface area contributed by atoms with E-state index in [1.165, 1.54) is 0 Å². The molecule has 1 aliphatic heterocycles. The molecule has 0 aliphatic carbocycles. The van der Waals surface area contributed by atoms with Gasteiger partial charge in [-0.2, -0.15) is 0 Å². The van der Waals surface area contributed by atoms with Crippen molar-refractivity contribution < 1.29 is 17.9 Å². The monoisotopic (exact) mass is 390 g/mol. The van der Waals surface area contributed by atoms with E-state index in [1.54, 1.807) is 31.3 Å². The summed E-state index contributed by atoms with van der Waals surface area (Å²) in [7, 11) is -1.17. The number of hydrogen-bond acceptors (Lipinski definition) is 7. The summed E-state index contributed by atoms with van der Waals surface area (Å²) >= 11 is 0. The summed E-state index contributed by atoms with van der Waals surface area (Å²) in [5.74, 6) is 1.47. The second kappa shape index (κ2) is 7.91. The molecule has 1 atom stereocenters. The minimum absolute atomic E-state index is 0.104. The van der Waals surface area contributed by atoms with Gasteiger partial charge in [-0.05, 0) is 37.6 Å². The maximum atomic E-state index is 12.0. The van der Waals surface area contributed by atoms with E-state index in [-0.39, 0.29) is 30.1 Å². The molecule has 1 amide bonds. The molecule has 8 nitrogen and oxygen atoms in total. The van der Waals surface area contributed by atoms with Crippen LogP contribution in [0.15, 0.2) is 36.4 Å². The van der Waals surface area contributed by atoms with Crippen LogP contribution < -0.4 is 15.0 Å². The molecule has 1 unspecified atom stereocenters. The second-order valence-electron chi connectivity index (χ2n) is 6.59. The van der Waals surface area contributed by atoms with Crippen molar-refractivity contribution in [1.82, 2.24) is 10.2 Å². The van der Waals surface area contributed by atoms with E-state index in [2.05, 4.69) is 15.5 Å². The predicted octanol–water partition coefficient (Wildman–Crippen LogP) is 1.43. The molecule has 0 saturated carbocycles. The van der Waals surface area contributed by atoms with Gasteiger partial charge in [-0.3, -0.25) is 4.79 Å². The number of nitrogens with zero attached hydrogens (tertiary/aromatic N) is 3. The molecule has 0 spiro atoms. The van der Waals surface area contributed by atoms with Crippen molar-refractivity contribution in [2.75, 3.05) is 35.4 Å². The molecule has 1 aromatic heterocycles. The summed E-state index contributed by atoms with van der Waals surface area (Å²) in [5.41, 5.74) is 1.11. The highest BCUT2D eigenvalue weighted by atomic mass is 32.2. The molecule has 1 saturated heterocycles. The fourth-order valence-electron chi connectivity index (χ4n) is 2.81. The number of anilines is 2. The van der Waals surface area contributed by atoms with Gasteiger partial charge in [0.1, 0.15) is 5.75 Å². The van der Waals surface area contributed by atoms with Crippen LogP contribution in [0.25, 0.3) is 0 Å². The Morgan fingerprint density at radius 3 is 2.56 bits per heavy atom. The number of rotatable bonds is 6. The van der Waals surface area contributed by atoms with Gasteiger partial charge in [-0.15, -0.1) is 10.2 Å². The van der Waals surface area contributed by atoms with Gasteiger partial charge in [-0.25, -0.2) is 8.42 Å². The Bertz CT molecular complexity index is 898. The third-order valence-corrected chi connectivity index (χ3v) is 6.18. The van der Waals surface area contributed by atoms with Crippen LogP contribution in [-0.4, -0.2) is 55.7 Å². The standard InChI is InChI=1S/C18H22N4O4S/c1-13-3-5-15(6-4-13)26-11-18(23)19-16-7-8-17(21-20-16)22(2)14-9-10-27(24,25)12-14/h3-8,14H,9-12H2,1-2H3,(H,19,20,23). The molecule has 3 rings (SSSR count). The van der Waals surface area contributed by atoms with Crippen molar-refractivity contribution in [3.63, 3.8) is 0 Å². The first kappa shape index (κ1) is 19.1. The number of nitrogens with one attached hydrogen (secondary N) is 1. The molecule has 2 aromatic rings. The smallest absolute Gasteiger partial charge is 0.263 e. The summed E-state index contributed by atoms with van der Waals surface area (Å²) in [6, 6.07) is 10.6. The van der Waals surface area contributed by atoms with Gasteiger partial charge in [0.05, 0.1) is 11.5 Å². The van der Waals surface area contributed by atoms with Crippen LogP contribution >= 0.6 is 0 Å². The van der Waals surface area contributed by atoms with Crippen molar-refractivity contribution in [2.45, 2.75) is 19.4 Å². The fourth-order valence-corrected chi connectivity index (χ4v) is 4.58.